The second kappa shape index (κ2) is 5.95. The van der Waals surface area contributed by atoms with Crippen molar-refractivity contribution in [3.63, 3.8) is 0 Å². The average molecular weight is 262 g/mol. The molecule has 0 aliphatic heterocycles. The number of benzene rings is 1. The summed E-state index contributed by atoms with van der Waals surface area (Å²) in [5.74, 6) is -0.143. The van der Waals surface area contributed by atoms with Gasteiger partial charge in [0, 0.05) is 11.7 Å². The molecule has 2 unspecified atom stereocenters. The minimum Gasteiger partial charge on any atom is -0.478 e. The van der Waals surface area contributed by atoms with Crippen LogP contribution in [0.4, 0.5) is 11.4 Å². The van der Waals surface area contributed by atoms with Crippen LogP contribution in [0.3, 0.4) is 0 Å². The number of carbonyl (C=O) groups is 1. The standard InChI is InChI=1S/C15H22N2O2/c1-10-3-2-4-12(7-5-10)17-14-9-11(16)6-8-13(14)15(18)19/h6,8-10,12,17H,2-5,7,16H2,1H3,(H,18,19). The molecule has 0 bridgehead atoms. The van der Waals surface area contributed by atoms with Gasteiger partial charge in [-0.1, -0.05) is 19.8 Å². The van der Waals surface area contributed by atoms with Crippen molar-refractivity contribution in [3.8, 4) is 0 Å². The van der Waals surface area contributed by atoms with E-state index in [9.17, 15) is 9.90 Å². The number of nitrogen functional groups attached to an aromatic ring is 1. The third-order valence-corrected chi connectivity index (χ3v) is 3.89. The lowest BCUT2D eigenvalue weighted by molar-refractivity contribution is 0.0698. The lowest BCUT2D eigenvalue weighted by Gasteiger charge is -2.19. The van der Waals surface area contributed by atoms with Crippen LogP contribution in [0.25, 0.3) is 0 Å². The van der Waals surface area contributed by atoms with Crippen molar-refractivity contribution < 1.29 is 9.90 Å². The summed E-state index contributed by atoms with van der Waals surface area (Å²) >= 11 is 0. The van der Waals surface area contributed by atoms with Crippen LogP contribution in [0.2, 0.25) is 0 Å². The van der Waals surface area contributed by atoms with Crippen molar-refractivity contribution in [2.24, 2.45) is 5.92 Å². The Bertz CT molecular complexity index is 459. The van der Waals surface area contributed by atoms with E-state index < -0.39 is 5.97 Å². The lowest BCUT2D eigenvalue weighted by Crippen LogP contribution is -2.20. The number of carboxylic acid groups (broad SMARTS) is 1. The molecule has 1 aromatic rings. The van der Waals surface area contributed by atoms with E-state index in [-0.39, 0.29) is 0 Å². The van der Waals surface area contributed by atoms with Crippen molar-refractivity contribution in [1.29, 1.82) is 0 Å². The number of anilines is 2. The molecule has 1 saturated carbocycles. The summed E-state index contributed by atoms with van der Waals surface area (Å²) in [6, 6.07) is 5.27. The molecule has 2 rings (SSSR count). The largest absolute Gasteiger partial charge is 0.478 e. The molecule has 1 fully saturated rings. The summed E-state index contributed by atoms with van der Waals surface area (Å²) in [4.78, 5) is 11.2. The molecular weight excluding hydrogens is 240 g/mol. The van der Waals surface area contributed by atoms with Gasteiger partial charge in [0.1, 0.15) is 0 Å². The summed E-state index contributed by atoms with van der Waals surface area (Å²) in [6.07, 6.45) is 5.85. The first kappa shape index (κ1) is 13.7. The highest BCUT2D eigenvalue weighted by Crippen LogP contribution is 2.27. The van der Waals surface area contributed by atoms with Gasteiger partial charge in [-0.15, -0.1) is 0 Å². The number of hydrogen-bond donors (Lipinski definition) is 3. The average Bonchev–Trinajstić information content (AvgIpc) is 2.54. The fourth-order valence-electron chi connectivity index (χ4n) is 2.72. The van der Waals surface area contributed by atoms with Gasteiger partial charge in [0.25, 0.3) is 0 Å². The van der Waals surface area contributed by atoms with Crippen LogP contribution in [0, 0.1) is 5.92 Å². The Morgan fingerprint density at radius 2 is 2.11 bits per heavy atom. The molecule has 4 nitrogen and oxygen atoms in total. The Kier molecular flexibility index (Phi) is 4.30. The number of aromatic carboxylic acids is 1. The van der Waals surface area contributed by atoms with Gasteiger partial charge in [-0.3, -0.25) is 0 Å². The van der Waals surface area contributed by atoms with E-state index in [0.717, 1.165) is 18.8 Å². The minimum absolute atomic E-state index is 0.298. The summed E-state index contributed by atoms with van der Waals surface area (Å²) < 4.78 is 0. The van der Waals surface area contributed by atoms with Gasteiger partial charge in [-0.2, -0.15) is 0 Å². The molecule has 0 radical (unpaired) electrons. The van der Waals surface area contributed by atoms with Gasteiger partial charge in [0.05, 0.1) is 11.3 Å². The van der Waals surface area contributed by atoms with Gasteiger partial charge in [0.15, 0.2) is 0 Å². The van der Waals surface area contributed by atoms with Gasteiger partial charge in [-0.05, 0) is 43.4 Å². The van der Waals surface area contributed by atoms with E-state index in [1.165, 1.54) is 19.3 Å². The summed E-state index contributed by atoms with van der Waals surface area (Å²) in [5, 5.41) is 12.6. The van der Waals surface area contributed by atoms with Crippen LogP contribution in [0.1, 0.15) is 49.4 Å². The van der Waals surface area contributed by atoms with E-state index in [2.05, 4.69) is 12.2 Å². The smallest absolute Gasteiger partial charge is 0.337 e. The maximum absolute atomic E-state index is 11.2. The third kappa shape index (κ3) is 3.63. The highest BCUT2D eigenvalue weighted by atomic mass is 16.4. The Morgan fingerprint density at radius 1 is 1.32 bits per heavy atom. The monoisotopic (exact) mass is 262 g/mol. The summed E-state index contributed by atoms with van der Waals surface area (Å²) in [6.45, 7) is 2.28. The molecule has 104 valence electrons. The predicted octanol–water partition coefficient (Wildman–Crippen LogP) is 3.35. The summed E-state index contributed by atoms with van der Waals surface area (Å²) in [7, 11) is 0. The first-order chi connectivity index (χ1) is 9.06. The Hall–Kier alpha value is -1.71. The molecule has 4 N–H and O–H groups in total. The molecular formula is C15H22N2O2. The zero-order valence-electron chi connectivity index (χ0n) is 11.4. The predicted molar refractivity (Wildman–Crippen MR) is 77.5 cm³/mol. The topological polar surface area (TPSA) is 75.3 Å². The maximum atomic E-state index is 11.2. The number of nitrogens with two attached hydrogens (primary N) is 1. The quantitative estimate of drug-likeness (QED) is 0.577. The Morgan fingerprint density at radius 3 is 2.84 bits per heavy atom. The molecule has 0 heterocycles. The second-order valence-electron chi connectivity index (χ2n) is 5.56. The van der Waals surface area contributed by atoms with Gasteiger partial charge < -0.3 is 16.2 Å². The highest BCUT2D eigenvalue weighted by molar-refractivity contribution is 5.95. The molecule has 0 saturated heterocycles. The van der Waals surface area contributed by atoms with Crippen molar-refractivity contribution in [1.82, 2.24) is 0 Å². The van der Waals surface area contributed by atoms with Crippen LogP contribution >= 0.6 is 0 Å². The summed E-state index contributed by atoms with van der Waals surface area (Å²) in [5.41, 5.74) is 7.29. The number of carboxylic acids is 1. The van der Waals surface area contributed by atoms with Crippen LogP contribution < -0.4 is 11.1 Å². The molecule has 4 heteroatoms. The van der Waals surface area contributed by atoms with Crippen LogP contribution in [-0.4, -0.2) is 17.1 Å². The number of hydrogen-bond acceptors (Lipinski definition) is 3. The van der Waals surface area contributed by atoms with E-state index in [1.54, 1.807) is 18.2 Å². The minimum atomic E-state index is -0.913. The lowest BCUT2D eigenvalue weighted by atomic mass is 10.0. The number of rotatable bonds is 3. The van der Waals surface area contributed by atoms with Crippen molar-refractivity contribution in [2.75, 3.05) is 11.1 Å². The number of nitrogens with one attached hydrogen (secondary N) is 1. The second-order valence-corrected chi connectivity index (χ2v) is 5.56. The van der Waals surface area contributed by atoms with E-state index >= 15 is 0 Å². The van der Waals surface area contributed by atoms with E-state index in [4.69, 9.17) is 5.73 Å². The fraction of sp³-hybridized carbons (Fsp3) is 0.533. The zero-order valence-corrected chi connectivity index (χ0v) is 11.4. The molecule has 1 aliphatic carbocycles. The van der Waals surface area contributed by atoms with Gasteiger partial charge in [-0.25, -0.2) is 4.79 Å². The van der Waals surface area contributed by atoms with Crippen LogP contribution in [-0.2, 0) is 0 Å². The van der Waals surface area contributed by atoms with E-state index in [1.807, 2.05) is 0 Å². The zero-order chi connectivity index (χ0) is 13.8. The van der Waals surface area contributed by atoms with Crippen molar-refractivity contribution >= 4 is 17.3 Å². The molecule has 1 aromatic carbocycles. The molecule has 0 amide bonds. The fourth-order valence-corrected chi connectivity index (χ4v) is 2.72. The first-order valence-corrected chi connectivity index (χ1v) is 6.95. The van der Waals surface area contributed by atoms with Crippen molar-refractivity contribution in [3.05, 3.63) is 23.8 Å². The third-order valence-electron chi connectivity index (χ3n) is 3.89. The molecule has 0 aromatic heterocycles. The molecule has 2 atom stereocenters. The SMILES string of the molecule is CC1CCCC(Nc2cc(N)ccc2C(=O)O)CC1. The van der Waals surface area contributed by atoms with Crippen LogP contribution in [0.5, 0.6) is 0 Å². The Balaban J connectivity index is 2.13. The van der Waals surface area contributed by atoms with Gasteiger partial charge in [0.2, 0.25) is 0 Å². The normalized spacial score (nSPS) is 23.6. The first-order valence-electron chi connectivity index (χ1n) is 6.95. The Labute approximate surface area is 114 Å². The van der Waals surface area contributed by atoms with Gasteiger partial charge >= 0.3 is 5.97 Å². The highest BCUT2D eigenvalue weighted by Gasteiger charge is 2.18. The van der Waals surface area contributed by atoms with Crippen molar-refractivity contribution in [2.45, 2.75) is 45.1 Å². The van der Waals surface area contributed by atoms with E-state index in [0.29, 0.717) is 23.0 Å². The molecule has 19 heavy (non-hydrogen) atoms. The molecule has 1 aliphatic rings. The molecule has 0 spiro atoms. The maximum Gasteiger partial charge on any atom is 0.337 e. The van der Waals surface area contributed by atoms with Crippen LogP contribution in [0.15, 0.2) is 18.2 Å².